The van der Waals surface area contributed by atoms with Crippen molar-refractivity contribution in [3.05, 3.63) is 41.5 Å². The van der Waals surface area contributed by atoms with Gasteiger partial charge in [-0.15, -0.1) is 0 Å². The zero-order chi connectivity index (χ0) is 15.1. The normalized spacial score (nSPS) is 20.6. The summed E-state index contributed by atoms with van der Waals surface area (Å²) in [5.74, 6) is 0.0720. The van der Waals surface area contributed by atoms with Crippen molar-refractivity contribution >= 4 is 0 Å². The van der Waals surface area contributed by atoms with E-state index in [-0.39, 0.29) is 35.0 Å². The van der Waals surface area contributed by atoms with Gasteiger partial charge in [0.15, 0.2) is 11.5 Å². The molecule has 21 heavy (non-hydrogen) atoms. The van der Waals surface area contributed by atoms with Crippen molar-refractivity contribution in [1.82, 2.24) is 0 Å². The number of phenolic OH excluding ortho intramolecular Hbond substituents is 4. The molecule has 0 aromatic heterocycles. The molecule has 0 spiro atoms. The molecule has 1 heterocycles. The Morgan fingerprint density at radius 3 is 2.43 bits per heavy atom. The molecule has 2 atom stereocenters. The first-order chi connectivity index (χ1) is 9.95. The highest BCUT2D eigenvalue weighted by atomic mass is 16.5. The van der Waals surface area contributed by atoms with Gasteiger partial charge in [0, 0.05) is 23.6 Å². The summed E-state index contributed by atoms with van der Waals surface area (Å²) < 4.78 is 5.87. The zero-order valence-electron chi connectivity index (χ0n) is 11.4. The maximum absolute atomic E-state index is 9.88. The second-order valence-electron chi connectivity index (χ2n) is 5.41. The van der Waals surface area contributed by atoms with E-state index < -0.39 is 0 Å². The Bertz CT molecular complexity index is 695. The highest BCUT2D eigenvalue weighted by molar-refractivity contribution is 5.51. The summed E-state index contributed by atoms with van der Waals surface area (Å²) >= 11 is 0. The molecule has 0 unspecified atom stereocenters. The number of phenols is 4. The largest absolute Gasteiger partial charge is 0.508 e. The summed E-state index contributed by atoms with van der Waals surface area (Å²) in [7, 11) is 0. The van der Waals surface area contributed by atoms with Crippen LogP contribution in [0.25, 0.3) is 0 Å². The van der Waals surface area contributed by atoms with Crippen LogP contribution in [0.5, 0.6) is 28.7 Å². The fraction of sp³-hybridized carbons (Fsp3) is 0.250. The topological polar surface area (TPSA) is 90.2 Å². The first kappa shape index (κ1) is 13.4. The standard InChI is InChI=1S/C16H16O5/c1-8-4-11-13(19)6-10(17)7-15(11)21-16(8)9-2-3-12(18)14(20)5-9/h2-3,5-8,16-20H,4H2,1H3/t8-,16-/m1/s1. The fourth-order valence-electron chi connectivity index (χ4n) is 2.72. The number of rotatable bonds is 1. The minimum Gasteiger partial charge on any atom is -0.508 e. The van der Waals surface area contributed by atoms with Gasteiger partial charge in [0.25, 0.3) is 0 Å². The Morgan fingerprint density at radius 2 is 1.71 bits per heavy atom. The Morgan fingerprint density at radius 1 is 0.952 bits per heavy atom. The highest BCUT2D eigenvalue weighted by Crippen LogP contribution is 2.44. The molecule has 4 N–H and O–H groups in total. The van der Waals surface area contributed by atoms with E-state index in [0.717, 1.165) is 5.56 Å². The molecular weight excluding hydrogens is 272 g/mol. The average Bonchev–Trinajstić information content (AvgIpc) is 2.42. The van der Waals surface area contributed by atoms with Gasteiger partial charge in [-0.1, -0.05) is 13.0 Å². The van der Waals surface area contributed by atoms with Crippen molar-refractivity contribution < 1.29 is 25.2 Å². The van der Waals surface area contributed by atoms with Crippen molar-refractivity contribution in [1.29, 1.82) is 0 Å². The number of hydrogen-bond donors (Lipinski definition) is 4. The van der Waals surface area contributed by atoms with E-state index in [1.54, 1.807) is 6.07 Å². The molecule has 5 heteroatoms. The van der Waals surface area contributed by atoms with Gasteiger partial charge in [-0.3, -0.25) is 0 Å². The molecule has 0 amide bonds. The number of aromatic hydroxyl groups is 4. The fourth-order valence-corrected chi connectivity index (χ4v) is 2.72. The molecule has 2 aromatic carbocycles. The van der Waals surface area contributed by atoms with E-state index in [9.17, 15) is 20.4 Å². The van der Waals surface area contributed by atoms with Crippen LogP contribution in [0.1, 0.15) is 24.2 Å². The summed E-state index contributed by atoms with van der Waals surface area (Å²) in [4.78, 5) is 0. The number of ether oxygens (including phenoxy) is 1. The molecule has 0 saturated heterocycles. The van der Waals surface area contributed by atoms with Crippen molar-refractivity contribution in [2.75, 3.05) is 0 Å². The SMILES string of the molecule is C[C@@H]1Cc2c(O)cc(O)cc2O[C@H]1c1ccc(O)c(O)c1. The third-order valence-electron chi connectivity index (χ3n) is 3.80. The summed E-state index contributed by atoms with van der Waals surface area (Å²) in [6.07, 6.45) is 0.263. The van der Waals surface area contributed by atoms with Crippen LogP contribution in [0.15, 0.2) is 30.3 Å². The average molecular weight is 288 g/mol. The maximum Gasteiger partial charge on any atom is 0.157 e. The van der Waals surface area contributed by atoms with Crippen molar-refractivity contribution in [3.8, 4) is 28.7 Å². The summed E-state index contributed by atoms with van der Waals surface area (Å²) in [5, 5.41) is 38.4. The second-order valence-corrected chi connectivity index (χ2v) is 5.41. The van der Waals surface area contributed by atoms with E-state index in [2.05, 4.69) is 0 Å². The number of hydrogen-bond acceptors (Lipinski definition) is 5. The van der Waals surface area contributed by atoms with Crippen LogP contribution in [-0.4, -0.2) is 20.4 Å². The first-order valence-electron chi connectivity index (χ1n) is 6.69. The summed E-state index contributed by atoms with van der Waals surface area (Å²) in [6.45, 7) is 1.98. The van der Waals surface area contributed by atoms with Crippen LogP contribution < -0.4 is 4.74 Å². The maximum atomic E-state index is 9.88. The van der Waals surface area contributed by atoms with E-state index in [1.807, 2.05) is 6.92 Å². The smallest absolute Gasteiger partial charge is 0.157 e. The molecule has 0 fully saturated rings. The molecule has 0 radical (unpaired) electrons. The second kappa shape index (κ2) is 4.77. The molecule has 1 aliphatic rings. The molecule has 0 saturated carbocycles. The number of fused-ring (bicyclic) bond motifs is 1. The van der Waals surface area contributed by atoms with Crippen LogP contribution in [0.2, 0.25) is 0 Å². The lowest BCUT2D eigenvalue weighted by molar-refractivity contribution is 0.121. The molecule has 3 rings (SSSR count). The van der Waals surface area contributed by atoms with Crippen molar-refractivity contribution in [3.63, 3.8) is 0 Å². The lowest BCUT2D eigenvalue weighted by Crippen LogP contribution is -2.23. The van der Waals surface area contributed by atoms with Crippen molar-refractivity contribution in [2.24, 2.45) is 5.92 Å². The molecule has 2 aromatic rings. The van der Waals surface area contributed by atoms with Gasteiger partial charge in [0.05, 0.1) is 0 Å². The Kier molecular flexibility index (Phi) is 3.05. The third-order valence-corrected chi connectivity index (χ3v) is 3.80. The van der Waals surface area contributed by atoms with Gasteiger partial charge in [-0.25, -0.2) is 0 Å². The molecule has 110 valence electrons. The Labute approximate surface area is 121 Å². The van der Waals surface area contributed by atoms with E-state index in [0.29, 0.717) is 17.7 Å². The van der Waals surface area contributed by atoms with Crippen LogP contribution in [0.4, 0.5) is 0 Å². The van der Waals surface area contributed by atoms with Gasteiger partial charge in [0.2, 0.25) is 0 Å². The number of benzene rings is 2. The minimum absolute atomic E-state index is 0.0175. The van der Waals surface area contributed by atoms with Gasteiger partial charge >= 0.3 is 0 Å². The van der Waals surface area contributed by atoms with Crippen LogP contribution in [0.3, 0.4) is 0 Å². The molecule has 1 aliphatic heterocycles. The summed E-state index contributed by atoms with van der Waals surface area (Å²) in [6, 6.07) is 7.32. The monoisotopic (exact) mass is 288 g/mol. The quantitative estimate of drug-likeness (QED) is 0.606. The minimum atomic E-state index is -0.329. The lowest BCUT2D eigenvalue weighted by Gasteiger charge is -2.32. The zero-order valence-corrected chi connectivity index (χ0v) is 11.4. The molecule has 0 aliphatic carbocycles. The third kappa shape index (κ3) is 2.31. The van der Waals surface area contributed by atoms with Gasteiger partial charge in [-0.05, 0) is 24.1 Å². The van der Waals surface area contributed by atoms with E-state index >= 15 is 0 Å². The van der Waals surface area contributed by atoms with E-state index in [1.165, 1.54) is 24.3 Å². The van der Waals surface area contributed by atoms with Crippen LogP contribution >= 0.6 is 0 Å². The van der Waals surface area contributed by atoms with Crippen LogP contribution in [-0.2, 0) is 6.42 Å². The van der Waals surface area contributed by atoms with Gasteiger partial charge in [0.1, 0.15) is 23.4 Å². The Hall–Kier alpha value is -2.56. The molecular formula is C16H16O5. The predicted octanol–water partition coefficient (Wildman–Crippen LogP) is 2.82. The molecule has 0 bridgehead atoms. The highest BCUT2D eigenvalue weighted by Gasteiger charge is 2.30. The Balaban J connectivity index is 2.00. The van der Waals surface area contributed by atoms with Crippen LogP contribution in [0, 0.1) is 5.92 Å². The van der Waals surface area contributed by atoms with Crippen molar-refractivity contribution in [2.45, 2.75) is 19.4 Å². The lowest BCUT2D eigenvalue weighted by atomic mass is 9.87. The first-order valence-corrected chi connectivity index (χ1v) is 6.69. The molecule has 5 nitrogen and oxygen atoms in total. The van der Waals surface area contributed by atoms with Gasteiger partial charge in [-0.2, -0.15) is 0 Å². The van der Waals surface area contributed by atoms with Gasteiger partial charge < -0.3 is 25.2 Å². The predicted molar refractivity (Wildman–Crippen MR) is 75.8 cm³/mol. The van der Waals surface area contributed by atoms with E-state index in [4.69, 9.17) is 4.74 Å². The summed E-state index contributed by atoms with van der Waals surface area (Å²) in [5.41, 5.74) is 1.39.